The van der Waals surface area contributed by atoms with Crippen LogP contribution in [0.2, 0.25) is 0 Å². The smallest absolute Gasteiger partial charge is 0.357 e. The molecule has 0 aliphatic heterocycles. The highest BCUT2D eigenvalue weighted by molar-refractivity contribution is 6.01. The third kappa shape index (κ3) is 3.93. The third-order valence-corrected chi connectivity index (χ3v) is 4.75. The summed E-state index contributed by atoms with van der Waals surface area (Å²) in [6.45, 7) is 1.95. The molecule has 0 N–H and O–H groups in total. The number of non-ortho nitro benzene ring substituents is 1. The Bertz CT molecular complexity index is 1230. The van der Waals surface area contributed by atoms with Gasteiger partial charge in [0.05, 0.1) is 17.2 Å². The fourth-order valence-corrected chi connectivity index (χ4v) is 3.41. The molecule has 31 heavy (non-hydrogen) atoms. The SMILES string of the molecule is CCOC(=O)c1c(-c2ccccc2)c(-c2cccc([N+](=O)[O-])c2)nn1-c1ccccc1. The molecule has 0 bridgehead atoms. The van der Waals surface area contributed by atoms with E-state index < -0.39 is 10.9 Å². The van der Waals surface area contributed by atoms with Crippen LogP contribution in [-0.2, 0) is 4.74 Å². The van der Waals surface area contributed by atoms with Crippen molar-refractivity contribution in [3.63, 3.8) is 0 Å². The van der Waals surface area contributed by atoms with E-state index in [0.29, 0.717) is 22.5 Å². The van der Waals surface area contributed by atoms with Gasteiger partial charge in [0.25, 0.3) is 5.69 Å². The summed E-state index contributed by atoms with van der Waals surface area (Å²) in [7, 11) is 0. The normalized spacial score (nSPS) is 10.6. The van der Waals surface area contributed by atoms with Gasteiger partial charge in [-0.25, -0.2) is 9.48 Å². The van der Waals surface area contributed by atoms with Crippen LogP contribution in [0.15, 0.2) is 84.9 Å². The van der Waals surface area contributed by atoms with E-state index in [4.69, 9.17) is 9.84 Å². The molecule has 0 atom stereocenters. The maximum Gasteiger partial charge on any atom is 0.357 e. The minimum atomic E-state index is -0.519. The van der Waals surface area contributed by atoms with Gasteiger partial charge in [-0.05, 0) is 24.6 Å². The first kappa shape index (κ1) is 20.0. The molecule has 1 heterocycles. The molecular weight excluding hydrogens is 394 g/mol. The summed E-state index contributed by atoms with van der Waals surface area (Å²) in [5.41, 5.74) is 3.20. The summed E-state index contributed by atoms with van der Waals surface area (Å²) in [5.74, 6) is -0.519. The van der Waals surface area contributed by atoms with Crippen LogP contribution in [0.5, 0.6) is 0 Å². The molecule has 1 aromatic heterocycles. The molecular formula is C24H19N3O4. The minimum absolute atomic E-state index is 0.0524. The zero-order valence-electron chi connectivity index (χ0n) is 16.8. The lowest BCUT2D eigenvalue weighted by Crippen LogP contribution is -2.13. The Labute approximate surface area is 178 Å². The van der Waals surface area contributed by atoms with E-state index in [-0.39, 0.29) is 18.0 Å². The van der Waals surface area contributed by atoms with Gasteiger partial charge in [0.1, 0.15) is 5.69 Å². The Morgan fingerprint density at radius 2 is 1.61 bits per heavy atom. The lowest BCUT2D eigenvalue weighted by atomic mass is 9.98. The number of nitro benzene ring substituents is 1. The highest BCUT2D eigenvalue weighted by Crippen LogP contribution is 2.37. The van der Waals surface area contributed by atoms with Crippen LogP contribution >= 0.6 is 0 Å². The molecule has 0 saturated carbocycles. The summed E-state index contributed by atoms with van der Waals surface area (Å²) in [6.07, 6.45) is 0. The number of hydrogen-bond donors (Lipinski definition) is 0. The van der Waals surface area contributed by atoms with E-state index in [2.05, 4.69) is 0 Å². The van der Waals surface area contributed by atoms with Crippen LogP contribution in [0.3, 0.4) is 0 Å². The Kier molecular flexibility index (Phi) is 5.57. The molecule has 3 aromatic carbocycles. The van der Waals surface area contributed by atoms with Crippen molar-refractivity contribution >= 4 is 11.7 Å². The van der Waals surface area contributed by atoms with Gasteiger partial charge in [-0.1, -0.05) is 60.7 Å². The van der Waals surface area contributed by atoms with Crippen molar-refractivity contribution in [1.82, 2.24) is 9.78 Å². The topological polar surface area (TPSA) is 87.3 Å². The van der Waals surface area contributed by atoms with Gasteiger partial charge in [0, 0.05) is 23.3 Å². The van der Waals surface area contributed by atoms with Crippen molar-refractivity contribution in [3.05, 3.63) is 101 Å². The van der Waals surface area contributed by atoms with Crippen molar-refractivity contribution < 1.29 is 14.5 Å². The highest BCUT2D eigenvalue weighted by atomic mass is 16.6. The van der Waals surface area contributed by atoms with Crippen LogP contribution in [0.25, 0.3) is 28.1 Å². The number of para-hydroxylation sites is 1. The Morgan fingerprint density at radius 1 is 0.968 bits per heavy atom. The van der Waals surface area contributed by atoms with Gasteiger partial charge < -0.3 is 4.74 Å². The second kappa shape index (κ2) is 8.62. The number of nitro groups is 1. The zero-order chi connectivity index (χ0) is 21.8. The number of ether oxygens (including phenoxy) is 1. The third-order valence-electron chi connectivity index (χ3n) is 4.75. The fraction of sp³-hybridized carbons (Fsp3) is 0.0833. The first-order chi connectivity index (χ1) is 15.1. The molecule has 0 aliphatic rings. The maximum absolute atomic E-state index is 13.1. The molecule has 7 nitrogen and oxygen atoms in total. The first-order valence-electron chi connectivity index (χ1n) is 9.76. The second-order valence-corrected chi connectivity index (χ2v) is 6.71. The lowest BCUT2D eigenvalue weighted by molar-refractivity contribution is -0.384. The van der Waals surface area contributed by atoms with Crippen LogP contribution in [0, 0.1) is 10.1 Å². The number of esters is 1. The van der Waals surface area contributed by atoms with E-state index in [0.717, 1.165) is 5.56 Å². The van der Waals surface area contributed by atoms with E-state index in [1.807, 2.05) is 60.7 Å². The van der Waals surface area contributed by atoms with Crippen molar-refractivity contribution in [1.29, 1.82) is 0 Å². The molecule has 0 spiro atoms. The zero-order valence-corrected chi connectivity index (χ0v) is 16.8. The average molecular weight is 413 g/mol. The molecule has 0 unspecified atom stereocenters. The lowest BCUT2D eigenvalue weighted by Gasteiger charge is -2.09. The molecule has 7 heteroatoms. The van der Waals surface area contributed by atoms with E-state index >= 15 is 0 Å². The largest absolute Gasteiger partial charge is 0.461 e. The number of aromatic nitrogens is 2. The fourth-order valence-electron chi connectivity index (χ4n) is 3.41. The summed E-state index contributed by atoms with van der Waals surface area (Å²) >= 11 is 0. The van der Waals surface area contributed by atoms with Gasteiger partial charge in [0.2, 0.25) is 0 Å². The van der Waals surface area contributed by atoms with Crippen molar-refractivity contribution in [2.24, 2.45) is 0 Å². The van der Waals surface area contributed by atoms with Crippen LogP contribution < -0.4 is 0 Å². The highest BCUT2D eigenvalue weighted by Gasteiger charge is 2.28. The van der Waals surface area contributed by atoms with Crippen molar-refractivity contribution in [2.45, 2.75) is 6.92 Å². The number of benzene rings is 3. The molecule has 4 rings (SSSR count). The van der Waals surface area contributed by atoms with E-state index in [1.54, 1.807) is 19.1 Å². The second-order valence-electron chi connectivity index (χ2n) is 6.71. The molecule has 0 aliphatic carbocycles. The summed E-state index contributed by atoms with van der Waals surface area (Å²) in [5, 5.41) is 16.1. The van der Waals surface area contributed by atoms with Gasteiger partial charge >= 0.3 is 5.97 Å². The molecule has 0 saturated heterocycles. The van der Waals surface area contributed by atoms with Crippen LogP contribution in [0.4, 0.5) is 5.69 Å². The minimum Gasteiger partial charge on any atom is -0.461 e. The van der Waals surface area contributed by atoms with Crippen molar-refractivity contribution in [2.75, 3.05) is 6.61 Å². The Balaban J connectivity index is 2.06. The first-order valence-corrected chi connectivity index (χ1v) is 9.76. The summed E-state index contributed by atoms with van der Waals surface area (Å²) < 4.78 is 6.89. The van der Waals surface area contributed by atoms with Crippen LogP contribution in [-0.4, -0.2) is 27.3 Å². The molecule has 4 aromatic rings. The summed E-state index contributed by atoms with van der Waals surface area (Å²) in [4.78, 5) is 23.9. The number of carbonyl (C=O) groups excluding carboxylic acids is 1. The van der Waals surface area contributed by atoms with Gasteiger partial charge in [-0.15, -0.1) is 0 Å². The molecule has 154 valence electrons. The predicted octanol–water partition coefficient (Wildman–Crippen LogP) is 5.29. The Hall–Kier alpha value is -4.26. The molecule has 0 radical (unpaired) electrons. The van der Waals surface area contributed by atoms with Crippen molar-refractivity contribution in [3.8, 4) is 28.1 Å². The van der Waals surface area contributed by atoms with E-state index in [9.17, 15) is 14.9 Å². The predicted molar refractivity (Wildman–Crippen MR) is 117 cm³/mol. The Morgan fingerprint density at radius 3 is 2.26 bits per heavy atom. The molecule has 0 amide bonds. The van der Waals surface area contributed by atoms with Gasteiger partial charge in [0.15, 0.2) is 5.69 Å². The summed E-state index contributed by atoms with van der Waals surface area (Å²) in [6, 6.07) is 24.8. The number of nitrogens with zero attached hydrogens (tertiary/aromatic N) is 3. The molecule has 0 fully saturated rings. The monoisotopic (exact) mass is 413 g/mol. The number of carbonyl (C=O) groups is 1. The van der Waals surface area contributed by atoms with Gasteiger partial charge in [-0.2, -0.15) is 5.10 Å². The van der Waals surface area contributed by atoms with E-state index in [1.165, 1.54) is 16.8 Å². The van der Waals surface area contributed by atoms with Crippen LogP contribution in [0.1, 0.15) is 17.4 Å². The quantitative estimate of drug-likeness (QED) is 0.243. The maximum atomic E-state index is 13.1. The standard InChI is InChI=1S/C24H19N3O4/c1-2-31-24(28)23-21(17-10-5-3-6-11-17)22(18-12-9-15-20(16-18)27(29)30)25-26(23)19-13-7-4-8-14-19/h3-16H,2H2,1H3. The number of hydrogen-bond acceptors (Lipinski definition) is 5. The number of rotatable bonds is 6. The van der Waals surface area contributed by atoms with Gasteiger partial charge in [-0.3, -0.25) is 10.1 Å². The average Bonchev–Trinajstić information content (AvgIpc) is 3.21.